The highest BCUT2D eigenvalue weighted by atomic mass is 16.3. The van der Waals surface area contributed by atoms with Gasteiger partial charge in [-0.1, -0.05) is 193 Å². The molecule has 0 aliphatic rings. The van der Waals surface area contributed by atoms with Crippen LogP contribution in [0.2, 0.25) is 0 Å². The van der Waals surface area contributed by atoms with E-state index in [1.807, 2.05) is 0 Å². The molecule has 0 aromatic heterocycles. The van der Waals surface area contributed by atoms with Gasteiger partial charge in [-0.2, -0.15) is 0 Å². The number of unbranched alkanes of at least 4 members (excludes halogenated alkanes) is 28. The molecule has 2 atom stereocenters. The van der Waals surface area contributed by atoms with Crippen LogP contribution >= 0.6 is 0 Å². The number of carbonyl (C=O) groups excluding carboxylic acids is 1. The molecule has 4 nitrogen and oxygen atoms in total. The van der Waals surface area contributed by atoms with E-state index in [9.17, 15) is 15.0 Å². The first-order chi connectivity index (χ1) is 22.2. The zero-order valence-electron chi connectivity index (χ0n) is 30.7. The number of aliphatic hydroxyl groups excluding tert-OH is 2. The molecule has 0 aromatic rings. The van der Waals surface area contributed by atoms with Gasteiger partial charge in [0.1, 0.15) is 0 Å². The number of hydrogen-bond donors (Lipinski definition) is 3. The van der Waals surface area contributed by atoms with Gasteiger partial charge in [-0.15, -0.1) is 0 Å². The molecule has 0 unspecified atom stereocenters. The van der Waals surface area contributed by atoms with E-state index in [1.165, 1.54) is 173 Å². The average Bonchev–Trinajstić information content (AvgIpc) is 3.04. The van der Waals surface area contributed by atoms with Crippen LogP contribution in [0.15, 0.2) is 12.2 Å². The standard InChI is InChI=1S/C41H81NO3/c1-3-5-7-9-11-13-15-17-19-21-23-25-27-29-31-33-35-37-41(45)42-39(38-43)40(44)36-34-32-30-28-26-24-22-20-18-16-14-12-10-8-6-4-2/h17,19,39-40,43-44H,3-16,18,20-38H2,1-2H3,(H,42,45)/b19-17+/t39-,40+/m0/s1. The molecule has 0 rings (SSSR count). The Morgan fingerprint density at radius 1 is 0.511 bits per heavy atom. The van der Waals surface area contributed by atoms with Crippen LogP contribution in [0.1, 0.15) is 226 Å². The van der Waals surface area contributed by atoms with Crippen molar-refractivity contribution in [3.05, 3.63) is 12.2 Å². The van der Waals surface area contributed by atoms with Crippen LogP contribution in [0.4, 0.5) is 0 Å². The maximum Gasteiger partial charge on any atom is 0.220 e. The van der Waals surface area contributed by atoms with Gasteiger partial charge in [-0.3, -0.25) is 4.79 Å². The van der Waals surface area contributed by atoms with Gasteiger partial charge in [0, 0.05) is 6.42 Å². The predicted molar refractivity (Wildman–Crippen MR) is 198 cm³/mol. The zero-order chi connectivity index (χ0) is 32.9. The summed E-state index contributed by atoms with van der Waals surface area (Å²) in [5.41, 5.74) is 0. The molecule has 0 aliphatic carbocycles. The van der Waals surface area contributed by atoms with Gasteiger partial charge >= 0.3 is 0 Å². The zero-order valence-corrected chi connectivity index (χ0v) is 30.7. The van der Waals surface area contributed by atoms with E-state index in [1.54, 1.807) is 0 Å². The van der Waals surface area contributed by atoms with Crippen LogP contribution in [0, 0.1) is 0 Å². The van der Waals surface area contributed by atoms with Crippen molar-refractivity contribution in [2.75, 3.05) is 6.61 Å². The van der Waals surface area contributed by atoms with Crippen molar-refractivity contribution in [1.82, 2.24) is 5.32 Å². The second-order valence-electron chi connectivity index (χ2n) is 14.1. The van der Waals surface area contributed by atoms with E-state index < -0.39 is 12.1 Å². The smallest absolute Gasteiger partial charge is 0.220 e. The molecule has 0 spiro atoms. The van der Waals surface area contributed by atoms with Gasteiger partial charge in [-0.25, -0.2) is 0 Å². The molecule has 0 heterocycles. The SMILES string of the molecule is CCCCCCCC/C=C/CCCCCCCCCC(=O)N[C@@H](CO)[C@H](O)CCCCCCCCCCCCCCCCCC. The van der Waals surface area contributed by atoms with Crippen LogP contribution in [-0.4, -0.2) is 34.9 Å². The first kappa shape index (κ1) is 44.1. The summed E-state index contributed by atoms with van der Waals surface area (Å²) in [6.07, 6.45) is 45.6. The summed E-state index contributed by atoms with van der Waals surface area (Å²) in [5, 5.41) is 23.1. The molecule has 268 valence electrons. The topological polar surface area (TPSA) is 69.6 Å². The monoisotopic (exact) mass is 636 g/mol. The number of aliphatic hydroxyl groups is 2. The van der Waals surface area contributed by atoms with Gasteiger partial charge in [0.2, 0.25) is 5.91 Å². The van der Waals surface area contributed by atoms with Crippen molar-refractivity contribution in [2.24, 2.45) is 0 Å². The molecule has 4 heteroatoms. The van der Waals surface area contributed by atoms with Crippen LogP contribution in [0.5, 0.6) is 0 Å². The highest BCUT2D eigenvalue weighted by molar-refractivity contribution is 5.76. The van der Waals surface area contributed by atoms with Gasteiger partial charge in [-0.05, 0) is 38.5 Å². The molecule has 3 N–H and O–H groups in total. The normalized spacial score (nSPS) is 13.1. The van der Waals surface area contributed by atoms with E-state index in [0.717, 1.165) is 25.7 Å². The van der Waals surface area contributed by atoms with Crippen molar-refractivity contribution in [2.45, 2.75) is 238 Å². The first-order valence-electron chi connectivity index (χ1n) is 20.4. The Bertz CT molecular complexity index is 608. The number of amides is 1. The summed E-state index contributed by atoms with van der Waals surface area (Å²) in [4.78, 5) is 12.4. The number of allylic oxidation sites excluding steroid dienone is 2. The maximum absolute atomic E-state index is 12.4. The third-order valence-electron chi connectivity index (χ3n) is 9.53. The van der Waals surface area contributed by atoms with Gasteiger partial charge in [0.25, 0.3) is 0 Å². The molecular formula is C41H81NO3. The molecule has 0 bridgehead atoms. The molecule has 0 fully saturated rings. The lowest BCUT2D eigenvalue weighted by Crippen LogP contribution is -2.45. The predicted octanol–water partition coefficient (Wildman–Crippen LogP) is 12.3. The fraction of sp³-hybridized carbons (Fsp3) is 0.927. The van der Waals surface area contributed by atoms with E-state index in [2.05, 4.69) is 31.3 Å². The molecule has 45 heavy (non-hydrogen) atoms. The van der Waals surface area contributed by atoms with Crippen LogP contribution in [0.3, 0.4) is 0 Å². The van der Waals surface area contributed by atoms with Crippen molar-refractivity contribution >= 4 is 5.91 Å². The highest BCUT2D eigenvalue weighted by Crippen LogP contribution is 2.16. The second-order valence-corrected chi connectivity index (χ2v) is 14.1. The minimum Gasteiger partial charge on any atom is -0.394 e. The second kappa shape index (κ2) is 37.6. The van der Waals surface area contributed by atoms with E-state index in [0.29, 0.717) is 12.8 Å². The third kappa shape index (κ3) is 34.3. The lowest BCUT2D eigenvalue weighted by atomic mass is 10.0. The fourth-order valence-electron chi connectivity index (χ4n) is 6.36. The summed E-state index contributed by atoms with van der Waals surface area (Å²) < 4.78 is 0. The Balaban J connectivity index is 3.53. The molecule has 0 saturated heterocycles. The summed E-state index contributed by atoms with van der Waals surface area (Å²) >= 11 is 0. The lowest BCUT2D eigenvalue weighted by Gasteiger charge is -2.22. The maximum atomic E-state index is 12.4. The van der Waals surface area contributed by atoms with Crippen molar-refractivity contribution in [1.29, 1.82) is 0 Å². The Morgan fingerprint density at radius 2 is 0.844 bits per heavy atom. The van der Waals surface area contributed by atoms with E-state index >= 15 is 0 Å². The number of carbonyl (C=O) groups is 1. The Labute approximate surface area is 282 Å². The van der Waals surface area contributed by atoms with Crippen LogP contribution in [-0.2, 0) is 4.79 Å². The Morgan fingerprint density at radius 3 is 1.22 bits per heavy atom. The van der Waals surface area contributed by atoms with Gasteiger partial charge in [0.05, 0.1) is 18.8 Å². The number of rotatable bonds is 37. The molecular weight excluding hydrogens is 554 g/mol. The van der Waals surface area contributed by atoms with Gasteiger partial charge in [0.15, 0.2) is 0 Å². The molecule has 0 saturated carbocycles. The summed E-state index contributed by atoms with van der Waals surface area (Å²) in [5.74, 6) is -0.0344. The minimum atomic E-state index is -0.656. The third-order valence-corrected chi connectivity index (χ3v) is 9.53. The van der Waals surface area contributed by atoms with Crippen LogP contribution in [0.25, 0.3) is 0 Å². The number of nitrogens with one attached hydrogen (secondary N) is 1. The van der Waals surface area contributed by atoms with Crippen LogP contribution < -0.4 is 5.32 Å². The molecule has 0 radical (unpaired) electrons. The van der Waals surface area contributed by atoms with E-state index in [-0.39, 0.29) is 12.5 Å². The van der Waals surface area contributed by atoms with Crippen molar-refractivity contribution in [3.63, 3.8) is 0 Å². The van der Waals surface area contributed by atoms with E-state index in [4.69, 9.17) is 0 Å². The van der Waals surface area contributed by atoms with Crippen molar-refractivity contribution in [3.8, 4) is 0 Å². The number of hydrogen-bond acceptors (Lipinski definition) is 3. The summed E-state index contributed by atoms with van der Waals surface area (Å²) in [6.45, 7) is 4.36. The summed E-state index contributed by atoms with van der Waals surface area (Å²) in [7, 11) is 0. The molecule has 1 amide bonds. The molecule has 0 aliphatic heterocycles. The first-order valence-corrected chi connectivity index (χ1v) is 20.4. The molecule has 0 aromatic carbocycles. The lowest BCUT2D eigenvalue weighted by molar-refractivity contribution is -0.123. The highest BCUT2D eigenvalue weighted by Gasteiger charge is 2.19. The quantitative estimate of drug-likeness (QED) is 0.0470. The Hall–Kier alpha value is -0.870. The van der Waals surface area contributed by atoms with Gasteiger partial charge < -0.3 is 15.5 Å². The summed E-state index contributed by atoms with van der Waals surface area (Å²) in [6, 6.07) is -0.534. The average molecular weight is 636 g/mol. The largest absolute Gasteiger partial charge is 0.394 e. The minimum absolute atomic E-state index is 0.0344. The van der Waals surface area contributed by atoms with Crippen molar-refractivity contribution < 1.29 is 15.0 Å². The fourth-order valence-corrected chi connectivity index (χ4v) is 6.36. The Kier molecular flexibility index (Phi) is 36.9.